The number of carbonyl (C=O) groups is 1. The van der Waals surface area contributed by atoms with Crippen LogP contribution in [0, 0.1) is 6.92 Å². The second-order valence-electron chi connectivity index (χ2n) is 5.87. The highest BCUT2D eigenvalue weighted by molar-refractivity contribution is 6.30. The van der Waals surface area contributed by atoms with Gasteiger partial charge in [0.05, 0.1) is 11.3 Å². The van der Waals surface area contributed by atoms with Crippen LogP contribution in [-0.2, 0) is 7.05 Å². The van der Waals surface area contributed by atoms with Crippen LogP contribution in [0.15, 0.2) is 30.5 Å². The first kappa shape index (κ1) is 15.9. The second kappa shape index (κ2) is 6.62. The maximum Gasteiger partial charge on any atom is 0.257 e. The molecule has 0 N–H and O–H groups in total. The van der Waals surface area contributed by atoms with Gasteiger partial charge in [0.15, 0.2) is 0 Å². The van der Waals surface area contributed by atoms with Gasteiger partial charge in [-0.15, -0.1) is 0 Å². The van der Waals surface area contributed by atoms with E-state index in [2.05, 4.69) is 5.10 Å². The fourth-order valence-electron chi connectivity index (χ4n) is 2.86. The third-order valence-corrected chi connectivity index (χ3v) is 4.34. The van der Waals surface area contributed by atoms with Gasteiger partial charge >= 0.3 is 0 Å². The molecule has 1 aliphatic rings. The number of benzene rings is 1. The highest BCUT2D eigenvalue weighted by Gasteiger charge is 2.26. The highest BCUT2D eigenvalue weighted by atomic mass is 35.5. The van der Waals surface area contributed by atoms with Gasteiger partial charge in [0, 0.05) is 44.2 Å². The van der Waals surface area contributed by atoms with Crippen molar-refractivity contribution in [2.75, 3.05) is 13.1 Å². The number of rotatable bonds is 3. The van der Waals surface area contributed by atoms with E-state index in [9.17, 15) is 4.79 Å². The van der Waals surface area contributed by atoms with Crippen molar-refractivity contribution in [3.05, 3.63) is 46.7 Å². The molecule has 3 rings (SSSR count). The first-order valence-corrected chi connectivity index (χ1v) is 8.12. The predicted molar refractivity (Wildman–Crippen MR) is 89.0 cm³/mol. The molecule has 6 heteroatoms. The van der Waals surface area contributed by atoms with E-state index in [1.54, 1.807) is 10.9 Å². The van der Waals surface area contributed by atoms with Crippen molar-refractivity contribution in [2.45, 2.75) is 25.9 Å². The van der Waals surface area contributed by atoms with Crippen molar-refractivity contribution in [2.24, 2.45) is 7.05 Å². The minimum absolute atomic E-state index is 0.0561. The first-order valence-electron chi connectivity index (χ1n) is 7.74. The highest BCUT2D eigenvalue weighted by Crippen LogP contribution is 2.22. The lowest BCUT2D eigenvalue weighted by atomic mass is 10.1. The molecule has 1 aromatic carbocycles. The minimum Gasteiger partial charge on any atom is -0.490 e. The maximum atomic E-state index is 12.6. The summed E-state index contributed by atoms with van der Waals surface area (Å²) in [7, 11) is 1.83. The molecule has 1 amide bonds. The predicted octanol–water partition coefficient (Wildman–Crippen LogP) is 3.07. The van der Waals surface area contributed by atoms with Crippen LogP contribution in [-0.4, -0.2) is 39.8 Å². The van der Waals surface area contributed by atoms with Crippen LogP contribution in [0.5, 0.6) is 5.75 Å². The van der Waals surface area contributed by atoms with E-state index >= 15 is 0 Å². The Morgan fingerprint density at radius 1 is 1.26 bits per heavy atom. The zero-order valence-corrected chi connectivity index (χ0v) is 14.1. The molecular weight excluding hydrogens is 314 g/mol. The van der Waals surface area contributed by atoms with Crippen molar-refractivity contribution in [3.8, 4) is 5.75 Å². The summed E-state index contributed by atoms with van der Waals surface area (Å²) in [4.78, 5) is 14.4. The average Bonchev–Trinajstić information content (AvgIpc) is 2.88. The van der Waals surface area contributed by atoms with Gasteiger partial charge in [-0.05, 0) is 31.2 Å². The van der Waals surface area contributed by atoms with Crippen molar-refractivity contribution < 1.29 is 9.53 Å². The molecule has 0 atom stereocenters. The number of nitrogens with zero attached hydrogens (tertiary/aromatic N) is 3. The Hall–Kier alpha value is -2.01. The number of hydrogen-bond acceptors (Lipinski definition) is 3. The zero-order valence-electron chi connectivity index (χ0n) is 13.3. The molecule has 2 aromatic rings. The number of aromatic nitrogens is 2. The summed E-state index contributed by atoms with van der Waals surface area (Å²) in [6, 6.07) is 7.39. The summed E-state index contributed by atoms with van der Waals surface area (Å²) >= 11 is 5.87. The molecule has 0 saturated carbocycles. The lowest BCUT2D eigenvalue weighted by molar-refractivity contribution is 0.0595. The summed E-state index contributed by atoms with van der Waals surface area (Å²) < 4.78 is 7.64. The van der Waals surface area contributed by atoms with Gasteiger partial charge in [-0.1, -0.05) is 11.6 Å². The number of hydrogen-bond donors (Lipinski definition) is 0. The Morgan fingerprint density at radius 3 is 2.48 bits per heavy atom. The Bertz CT molecular complexity index is 688. The Labute approximate surface area is 140 Å². The number of carbonyl (C=O) groups excluding carboxylic acids is 1. The molecular formula is C17H20ClN3O2. The molecule has 0 bridgehead atoms. The molecule has 0 aliphatic carbocycles. The van der Waals surface area contributed by atoms with Gasteiger partial charge in [0.1, 0.15) is 11.9 Å². The van der Waals surface area contributed by atoms with Gasteiger partial charge in [0.25, 0.3) is 5.91 Å². The lowest BCUT2D eigenvalue weighted by Crippen LogP contribution is -2.41. The van der Waals surface area contributed by atoms with E-state index in [-0.39, 0.29) is 12.0 Å². The van der Waals surface area contributed by atoms with E-state index in [1.165, 1.54) is 0 Å². The Kier molecular flexibility index (Phi) is 4.57. The number of halogens is 1. The minimum atomic E-state index is 0.0561. The van der Waals surface area contributed by atoms with Crippen LogP contribution in [0.2, 0.25) is 5.02 Å². The maximum absolute atomic E-state index is 12.6. The van der Waals surface area contributed by atoms with E-state index in [0.717, 1.165) is 24.3 Å². The average molecular weight is 334 g/mol. The Balaban J connectivity index is 1.57. The molecule has 1 aromatic heterocycles. The number of likely N-dealkylation sites (tertiary alicyclic amines) is 1. The monoisotopic (exact) mass is 333 g/mol. The number of amides is 1. The summed E-state index contributed by atoms with van der Waals surface area (Å²) in [5.41, 5.74) is 1.46. The molecule has 1 fully saturated rings. The second-order valence-corrected chi connectivity index (χ2v) is 6.30. The zero-order chi connectivity index (χ0) is 16.4. The third kappa shape index (κ3) is 3.67. The molecule has 23 heavy (non-hydrogen) atoms. The normalized spacial score (nSPS) is 15.7. The molecule has 1 aliphatic heterocycles. The lowest BCUT2D eigenvalue weighted by Gasteiger charge is -2.32. The fraction of sp³-hybridized carbons (Fsp3) is 0.412. The van der Waals surface area contributed by atoms with E-state index in [1.807, 2.05) is 43.1 Å². The fourth-order valence-corrected chi connectivity index (χ4v) is 2.99. The van der Waals surface area contributed by atoms with Crippen molar-refractivity contribution >= 4 is 17.5 Å². The van der Waals surface area contributed by atoms with E-state index < -0.39 is 0 Å². The van der Waals surface area contributed by atoms with Crippen LogP contribution in [0.3, 0.4) is 0 Å². The first-order chi connectivity index (χ1) is 11.0. The summed E-state index contributed by atoms with van der Waals surface area (Å²) in [6.07, 6.45) is 3.57. The molecule has 0 spiro atoms. The molecule has 0 unspecified atom stereocenters. The SMILES string of the molecule is Cc1nn(C)cc1C(=O)N1CCC(Oc2ccc(Cl)cc2)CC1. The number of aryl methyl sites for hydroxylation is 2. The summed E-state index contributed by atoms with van der Waals surface area (Å²) in [5, 5.41) is 4.94. The van der Waals surface area contributed by atoms with Gasteiger partial charge in [0.2, 0.25) is 0 Å². The van der Waals surface area contributed by atoms with Crippen molar-refractivity contribution in [1.82, 2.24) is 14.7 Å². The van der Waals surface area contributed by atoms with Crippen molar-refractivity contribution in [3.63, 3.8) is 0 Å². The van der Waals surface area contributed by atoms with Gasteiger partial charge in [-0.2, -0.15) is 5.10 Å². The van der Waals surface area contributed by atoms with Crippen LogP contribution in [0.1, 0.15) is 28.9 Å². The van der Waals surface area contributed by atoms with Gasteiger partial charge < -0.3 is 9.64 Å². The molecule has 1 saturated heterocycles. The quantitative estimate of drug-likeness (QED) is 0.867. The molecule has 122 valence electrons. The molecule has 5 nitrogen and oxygen atoms in total. The third-order valence-electron chi connectivity index (χ3n) is 4.09. The smallest absolute Gasteiger partial charge is 0.257 e. The van der Waals surface area contributed by atoms with Crippen LogP contribution >= 0.6 is 11.6 Å². The van der Waals surface area contributed by atoms with Gasteiger partial charge in [-0.25, -0.2) is 0 Å². The van der Waals surface area contributed by atoms with Crippen molar-refractivity contribution in [1.29, 1.82) is 0 Å². The topological polar surface area (TPSA) is 47.4 Å². The Morgan fingerprint density at radius 2 is 1.91 bits per heavy atom. The summed E-state index contributed by atoms with van der Waals surface area (Å²) in [5.74, 6) is 0.878. The standard InChI is InChI=1S/C17H20ClN3O2/c1-12-16(11-20(2)19-12)17(22)21-9-7-15(8-10-21)23-14-5-3-13(18)4-6-14/h3-6,11,15H,7-10H2,1-2H3. The molecule has 2 heterocycles. The largest absolute Gasteiger partial charge is 0.490 e. The van der Waals surface area contributed by atoms with Crippen LogP contribution in [0.25, 0.3) is 0 Å². The van der Waals surface area contributed by atoms with E-state index in [4.69, 9.17) is 16.3 Å². The number of ether oxygens (including phenoxy) is 1. The van der Waals surface area contributed by atoms with Crippen LogP contribution < -0.4 is 4.74 Å². The van der Waals surface area contributed by atoms with E-state index in [0.29, 0.717) is 23.7 Å². The molecule has 0 radical (unpaired) electrons. The van der Waals surface area contributed by atoms with Crippen LogP contribution in [0.4, 0.5) is 0 Å². The number of piperidine rings is 1. The summed E-state index contributed by atoms with van der Waals surface area (Å²) in [6.45, 7) is 3.26. The van der Waals surface area contributed by atoms with Gasteiger partial charge in [-0.3, -0.25) is 9.48 Å².